The van der Waals surface area contributed by atoms with E-state index in [0.29, 0.717) is 12.1 Å². The van der Waals surface area contributed by atoms with E-state index in [4.69, 9.17) is 10.5 Å². The molecule has 2 aromatic carbocycles. The number of phenols is 1. The van der Waals surface area contributed by atoms with E-state index >= 15 is 0 Å². The number of phenolic OH excluding ortho intramolecular Hbond substituents is 1. The van der Waals surface area contributed by atoms with E-state index < -0.39 is 52.3 Å². The first kappa shape index (κ1) is 20.2. The van der Waals surface area contributed by atoms with Crippen LogP contribution in [0.1, 0.15) is 18.1 Å². The van der Waals surface area contributed by atoms with Crippen LogP contribution >= 0.6 is 0 Å². The molecule has 0 aliphatic carbocycles. The fraction of sp³-hybridized carbons (Fsp3) is 0.188. The van der Waals surface area contributed by atoms with Gasteiger partial charge in [-0.25, -0.2) is 0 Å². The fourth-order valence-electron chi connectivity index (χ4n) is 2.17. The number of rotatable bonds is 3. The molecule has 0 saturated heterocycles. The van der Waals surface area contributed by atoms with Crippen LogP contribution in [0.4, 0.5) is 37.7 Å². The van der Waals surface area contributed by atoms with Crippen molar-refractivity contribution in [2.24, 2.45) is 0 Å². The van der Waals surface area contributed by atoms with Crippen molar-refractivity contribution in [2.45, 2.75) is 19.3 Å². The molecule has 5 nitrogen and oxygen atoms in total. The van der Waals surface area contributed by atoms with E-state index in [2.05, 4.69) is 5.32 Å². The van der Waals surface area contributed by atoms with Crippen molar-refractivity contribution < 1.29 is 41.0 Å². The van der Waals surface area contributed by atoms with Crippen molar-refractivity contribution in [1.29, 1.82) is 0 Å². The minimum atomic E-state index is -5.18. The molecule has 0 aliphatic heterocycles. The third kappa shape index (κ3) is 4.74. The third-order valence-electron chi connectivity index (χ3n) is 3.22. The van der Waals surface area contributed by atoms with Crippen molar-refractivity contribution >= 4 is 17.3 Å². The molecule has 0 aliphatic rings. The number of alkyl halides is 6. The third-order valence-corrected chi connectivity index (χ3v) is 3.22. The minimum Gasteiger partial charge on any atom is -0.506 e. The average Bonchev–Trinajstić information content (AvgIpc) is 2.49. The number of halogens is 6. The molecule has 0 aromatic heterocycles. The van der Waals surface area contributed by atoms with E-state index in [0.717, 1.165) is 25.1 Å². The van der Waals surface area contributed by atoms with E-state index in [1.54, 1.807) is 0 Å². The molecule has 2 aromatic rings. The Hall–Kier alpha value is -3.11. The lowest BCUT2D eigenvalue weighted by Gasteiger charge is -2.20. The number of carbonyl (C=O) groups excluding carboxylic acids is 1. The Morgan fingerprint density at radius 3 is 2.00 bits per heavy atom. The largest absolute Gasteiger partial charge is 0.506 e. The van der Waals surface area contributed by atoms with E-state index in [1.807, 2.05) is 0 Å². The Balaban J connectivity index is 2.63. The minimum absolute atomic E-state index is 0.252. The molecule has 0 radical (unpaired) electrons. The van der Waals surface area contributed by atoms with Gasteiger partial charge in [0.05, 0.1) is 5.69 Å². The van der Waals surface area contributed by atoms with E-state index in [9.17, 15) is 36.2 Å². The second-order valence-corrected chi connectivity index (χ2v) is 5.40. The number of ether oxygens (including phenoxy) is 1. The van der Waals surface area contributed by atoms with E-state index in [-0.39, 0.29) is 5.69 Å². The SMILES string of the molecule is CC(=O)Nc1cc(Oc2c(C(F)(F)F)cc(N)cc2C(F)(F)F)ccc1O. The van der Waals surface area contributed by atoms with Crippen LogP contribution in [0.25, 0.3) is 0 Å². The van der Waals surface area contributed by atoms with Gasteiger partial charge in [0, 0.05) is 18.7 Å². The van der Waals surface area contributed by atoms with Gasteiger partial charge in [0.15, 0.2) is 5.75 Å². The number of anilines is 2. The predicted molar refractivity (Wildman–Crippen MR) is 83.3 cm³/mol. The van der Waals surface area contributed by atoms with Gasteiger partial charge in [-0.2, -0.15) is 26.3 Å². The zero-order valence-electron chi connectivity index (χ0n) is 13.5. The Kier molecular flexibility index (Phi) is 5.16. The molecule has 1 amide bonds. The van der Waals surface area contributed by atoms with Crippen LogP contribution in [0.3, 0.4) is 0 Å². The number of nitrogens with one attached hydrogen (secondary N) is 1. The number of nitrogens with two attached hydrogens (primary N) is 1. The van der Waals surface area contributed by atoms with Crippen LogP contribution in [-0.2, 0) is 17.1 Å². The number of aromatic hydroxyl groups is 1. The zero-order chi connectivity index (χ0) is 20.6. The second kappa shape index (κ2) is 6.89. The maximum absolute atomic E-state index is 13.2. The molecular formula is C16H12F6N2O3. The van der Waals surface area contributed by atoms with Gasteiger partial charge in [-0.3, -0.25) is 4.79 Å². The van der Waals surface area contributed by atoms with Crippen LogP contribution in [0.5, 0.6) is 17.2 Å². The highest BCUT2D eigenvalue weighted by atomic mass is 19.4. The normalized spacial score (nSPS) is 12.0. The standard InChI is InChI=1S/C16H12F6N2O3/c1-7(25)24-12-6-9(2-3-13(12)26)27-14-10(15(17,18)19)4-8(23)5-11(14)16(20,21)22/h2-6,26H,23H2,1H3,(H,24,25). The van der Waals surface area contributed by atoms with Crippen LogP contribution < -0.4 is 15.8 Å². The lowest BCUT2D eigenvalue weighted by Crippen LogP contribution is -2.15. The summed E-state index contributed by atoms with van der Waals surface area (Å²) in [5.74, 6) is -3.05. The number of amides is 1. The van der Waals surface area contributed by atoms with Gasteiger partial charge in [-0.1, -0.05) is 0 Å². The second-order valence-electron chi connectivity index (χ2n) is 5.40. The molecule has 146 valence electrons. The summed E-state index contributed by atoms with van der Waals surface area (Å²) in [6.45, 7) is 1.09. The summed E-state index contributed by atoms with van der Waals surface area (Å²) in [5, 5.41) is 11.8. The average molecular weight is 394 g/mol. The van der Waals surface area contributed by atoms with Crippen molar-refractivity contribution in [3.05, 3.63) is 41.5 Å². The van der Waals surface area contributed by atoms with Crippen molar-refractivity contribution in [2.75, 3.05) is 11.1 Å². The van der Waals surface area contributed by atoms with E-state index in [1.165, 1.54) is 0 Å². The monoisotopic (exact) mass is 394 g/mol. The van der Waals surface area contributed by atoms with Gasteiger partial charge in [-0.05, 0) is 24.3 Å². The highest BCUT2D eigenvalue weighted by molar-refractivity contribution is 5.90. The summed E-state index contributed by atoms with van der Waals surface area (Å²) in [6, 6.07) is 3.41. The molecule has 27 heavy (non-hydrogen) atoms. The maximum atomic E-state index is 13.2. The molecule has 0 heterocycles. The molecule has 0 unspecified atom stereocenters. The van der Waals surface area contributed by atoms with Gasteiger partial charge in [-0.15, -0.1) is 0 Å². The fourth-order valence-corrected chi connectivity index (χ4v) is 2.17. The number of benzene rings is 2. The molecule has 0 bridgehead atoms. The lowest BCUT2D eigenvalue weighted by molar-refractivity contribution is -0.144. The molecule has 0 fully saturated rings. The van der Waals surface area contributed by atoms with Crippen LogP contribution in [0.15, 0.2) is 30.3 Å². The Morgan fingerprint density at radius 2 is 1.56 bits per heavy atom. The predicted octanol–water partition coefficient (Wildman–Crippen LogP) is 4.76. The highest BCUT2D eigenvalue weighted by Gasteiger charge is 2.42. The number of hydrogen-bond donors (Lipinski definition) is 3. The Bertz CT molecular complexity index is 842. The van der Waals surface area contributed by atoms with Crippen LogP contribution in [0.2, 0.25) is 0 Å². The first-order valence-electron chi connectivity index (χ1n) is 7.15. The summed E-state index contributed by atoms with van der Waals surface area (Å²) >= 11 is 0. The zero-order valence-corrected chi connectivity index (χ0v) is 13.5. The number of carbonyl (C=O) groups is 1. The molecule has 0 spiro atoms. The molecule has 0 saturated carbocycles. The van der Waals surface area contributed by atoms with Gasteiger partial charge in [0.25, 0.3) is 0 Å². The highest BCUT2D eigenvalue weighted by Crippen LogP contribution is 2.47. The summed E-state index contributed by atoms with van der Waals surface area (Å²) in [6.07, 6.45) is -10.4. The Labute approximate surface area is 148 Å². The Morgan fingerprint density at radius 1 is 1.04 bits per heavy atom. The maximum Gasteiger partial charge on any atom is 0.420 e. The summed E-state index contributed by atoms with van der Waals surface area (Å²) in [4.78, 5) is 11.1. The molecule has 2 rings (SSSR count). The smallest absolute Gasteiger partial charge is 0.420 e. The molecule has 0 atom stereocenters. The number of hydrogen-bond acceptors (Lipinski definition) is 4. The summed E-state index contributed by atoms with van der Waals surface area (Å²) in [5.41, 5.74) is 0.745. The van der Waals surface area contributed by atoms with Crippen molar-refractivity contribution in [1.82, 2.24) is 0 Å². The van der Waals surface area contributed by atoms with Crippen LogP contribution in [0, 0.1) is 0 Å². The van der Waals surface area contributed by atoms with Gasteiger partial charge in [0.2, 0.25) is 5.91 Å². The summed E-state index contributed by atoms with van der Waals surface area (Å²) in [7, 11) is 0. The quantitative estimate of drug-likeness (QED) is 0.398. The first-order chi connectivity index (χ1) is 12.3. The van der Waals surface area contributed by atoms with Crippen LogP contribution in [-0.4, -0.2) is 11.0 Å². The number of nitrogen functional groups attached to an aromatic ring is 1. The first-order valence-corrected chi connectivity index (χ1v) is 7.15. The molecule has 11 heteroatoms. The molecular weight excluding hydrogens is 382 g/mol. The van der Waals surface area contributed by atoms with Crippen molar-refractivity contribution in [3.63, 3.8) is 0 Å². The molecule has 4 N–H and O–H groups in total. The van der Waals surface area contributed by atoms with Crippen molar-refractivity contribution in [3.8, 4) is 17.2 Å². The lowest BCUT2D eigenvalue weighted by atomic mass is 10.1. The van der Waals surface area contributed by atoms with Gasteiger partial charge < -0.3 is 20.9 Å². The van der Waals surface area contributed by atoms with Gasteiger partial charge >= 0.3 is 12.4 Å². The van der Waals surface area contributed by atoms with Gasteiger partial charge in [0.1, 0.15) is 22.6 Å². The topological polar surface area (TPSA) is 84.6 Å². The summed E-state index contributed by atoms with van der Waals surface area (Å²) < 4.78 is 84.2.